The van der Waals surface area contributed by atoms with Crippen LogP contribution in [0.2, 0.25) is 0 Å². The number of aromatic nitrogens is 1. The molecule has 1 aromatic heterocycles. The number of amides is 1. The summed E-state index contributed by atoms with van der Waals surface area (Å²) in [7, 11) is 2.15. The smallest absolute Gasteiger partial charge is 0.225 e. The number of hydrogen-bond acceptors (Lipinski definition) is 1. The average molecular weight is 268 g/mol. The van der Waals surface area contributed by atoms with Gasteiger partial charge in [0, 0.05) is 36.1 Å². The van der Waals surface area contributed by atoms with Gasteiger partial charge >= 0.3 is 0 Å². The summed E-state index contributed by atoms with van der Waals surface area (Å²) >= 11 is 0. The van der Waals surface area contributed by atoms with Crippen LogP contribution in [-0.2, 0) is 18.3 Å². The minimum Gasteiger partial charge on any atom is -0.346 e. The van der Waals surface area contributed by atoms with Crippen molar-refractivity contribution >= 4 is 16.8 Å². The van der Waals surface area contributed by atoms with Gasteiger partial charge in [-0.25, -0.2) is 0 Å². The summed E-state index contributed by atoms with van der Waals surface area (Å²) in [5.41, 5.74) is 4.13. The van der Waals surface area contributed by atoms with Crippen molar-refractivity contribution in [3.05, 3.63) is 35.5 Å². The number of nitrogens with zero attached hydrogens (tertiary/aromatic N) is 2. The molecule has 0 aliphatic carbocycles. The second-order valence-corrected chi connectivity index (χ2v) is 6.22. The summed E-state index contributed by atoms with van der Waals surface area (Å²) in [6, 6.07) is 8.91. The van der Waals surface area contributed by atoms with Gasteiger partial charge in [-0.1, -0.05) is 25.1 Å². The van der Waals surface area contributed by atoms with E-state index in [1.165, 1.54) is 22.2 Å². The monoisotopic (exact) mass is 268 g/mol. The van der Waals surface area contributed by atoms with Gasteiger partial charge in [0.25, 0.3) is 0 Å². The van der Waals surface area contributed by atoms with Crippen LogP contribution >= 0.6 is 0 Å². The first-order chi connectivity index (χ1) is 9.68. The van der Waals surface area contributed by atoms with Crippen molar-refractivity contribution in [2.75, 3.05) is 6.54 Å². The molecule has 3 heteroatoms. The standard InChI is InChI=1S/C17H20N2O/c1-11-7-8-15-16-13(9-10-19(15)17(11)20)12-5-3-4-6-14(12)18(16)2/h3-6,11,15H,7-10H2,1-2H3/t11-,15?/m1/s1. The van der Waals surface area contributed by atoms with Gasteiger partial charge in [0.15, 0.2) is 0 Å². The van der Waals surface area contributed by atoms with Crippen molar-refractivity contribution in [2.45, 2.75) is 32.2 Å². The Morgan fingerprint density at radius 1 is 1.20 bits per heavy atom. The zero-order chi connectivity index (χ0) is 13.9. The molecular formula is C17H20N2O. The van der Waals surface area contributed by atoms with Crippen LogP contribution in [0.25, 0.3) is 10.9 Å². The van der Waals surface area contributed by atoms with E-state index in [-0.39, 0.29) is 5.92 Å². The molecule has 0 radical (unpaired) electrons. The molecule has 1 saturated heterocycles. The summed E-state index contributed by atoms with van der Waals surface area (Å²) in [6.07, 6.45) is 3.11. The second kappa shape index (κ2) is 4.11. The summed E-state index contributed by atoms with van der Waals surface area (Å²) in [6.45, 7) is 2.95. The highest BCUT2D eigenvalue weighted by Gasteiger charge is 2.39. The molecular weight excluding hydrogens is 248 g/mol. The van der Waals surface area contributed by atoms with Gasteiger partial charge in [-0.15, -0.1) is 0 Å². The highest BCUT2D eigenvalue weighted by Crippen LogP contribution is 2.42. The van der Waals surface area contributed by atoms with Crippen LogP contribution in [0.4, 0.5) is 0 Å². The maximum Gasteiger partial charge on any atom is 0.225 e. The lowest BCUT2D eigenvalue weighted by molar-refractivity contribution is -0.142. The van der Waals surface area contributed by atoms with E-state index < -0.39 is 0 Å². The van der Waals surface area contributed by atoms with Crippen LogP contribution in [0.3, 0.4) is 0 Å². The first-order valence-electron chi connectivity index (χ1n) is 7.55. The predicted octanol–water partition coefficient (Wildman–Crippen LogP) is 3.03. The number of fused-ring (bicyclic) bond motifs is 5. The lowest BCUT2D eigenvalue weighted by atomic mass is 9.86. The van der Waals surface area contributed by atoms with Gasteiger partial charge < -0.3 is 9.47 Å². The number of piperidine rings is 1. The number of aryl methyl sites for hydroxylation is 1. The van der Waals surface area contributed by atoms with Crippen LogP contribution in [0, 0.1) is 5.92 Å². The van der Waals surface area contributed by atoms with Gasteiger partial charge in [-0.2, -0.15) is 0 Å². The molecule has 2 aromatic rings. The largest absolute Gasteiger partial charge is 0.346 e. The molecule has 1 amide bonds. The third kappa shape index (κ3) is 1.43. The summed E-state index contributed by atoms with van der Waals surface area (Å²) < 4.78 is 2.31. The third-order valence-corrected chi connectivity index (χ3v) is 5.13. The fourth-order valence-corrected chi connectivity index (χ4v) is 4.09. The fraction of sp³-hybridized carbons (Fsp3) is 0.471. The Labute approximate surface area is 119 Å². The van der Waals surface area contributed by atoms with Crippen LogP contribution in [0.5, 0.6) is 0 Å². The molecule has 1 aromatic carbocycles. The summed E-state index contributed by atoms with van der Waals surface area (Å²) in [5, 5.41) is 1.37. The number of carbonyl (C=O) groups is 1. The van der Waals surface area contributed by atoms with Crippen molar-refractivity contribution in [1.29, 1.82) is 0 Å². The van der Waals surface area contributed by atoms with Gasteiger partial charge in [-0.3, -0.25) is 4.79 Å². The van der Waals surface area contributed by atoms with Crippen molar-refractivity contribution in [3.63, 3.8) is 0 Å². The minimum atomic E-state index is 0.197. The highest BCUT2D eigenvalue weighted by atomic mass is 16.2. The van der Waals surface area contributed by atoms with Crippen LogP contribution in [-0.4, -0.2) is 21.9 Å². The van der Waals surface area contributed by atoms with E-state index in [4.69, 9.17) is 0 Å². The van der Waals surface area contributed by atoms with Crippen LogP contribution < -0.4 is 0 Å². The average Bonchev–Trinajstić information content (AvgIpc) is 2.77. The first-order valence-corrected chi connectivity index (χ1v) is 7.55. The Bertz CT molecular complexity index is 700. The van der Waals surface area contributed by atoms with Gasteiger partial charge in [0.2, 0.25) is 5.91 Å². The fourth-order valence-electron chi connectivity index (χ4n) is 4.09. The Kier molecular flexibility index (Phi) is 2.47. The van der Waals surface area contributed by atoms with E-state index >= 15 is 0 Å². The number of para-hydroxylation sites is 1. The molecule has 3 heterocycles. The first kappa shape index (κ1) is 12.0. The SMILES string of the molecule is C[C@@H]1CCC2c3c(c4ccccc4n3C)CCN2C1=O. The van der Waals surface area contributed by atoms with Gasteiger partial charge in [0.1, 0.15) is 0 Å². The van der Waals surface area contributed by atoms with Gasteiger partial charge in [0.05, 0.1) is 6.04 Å². The van der Waals surface area contributed by atoms with Crippen molar-refractivity contribution in [3.8, 4) is 0 Å². The van der Waals surface area contributed by atoms with Crippen molar-refractivity contribution in [1.82, 2.24) is 9.47 Å². The van der Waals surface area contributed by atoms with Crippen molar-refractivity contribution < 1.29 is 4.79 Å². The minimum absolute atomic E-state index is 0.197. The maximum absolute atomic E-state index is 12.4. The topological polar surface area (TPSA) is 25.2 Å². The molecule has 0 bridgehead atoms. The van der Waals surface area contributed by atoms with Crippen LogP contribution in [0.15, 0.2) is 24.3 Å². The normalized spacial score (nSPS) is 25.7. The predicted molar refractivity (Wildman–Crippen MR) is 79.5 cm³/mol. The number of rotatable bonds is 0. The van der Waals surface area contributed by atoms with E-state index in [2.05, 4.69) is 47.7 Å². The Morgan fingerprint density at radius 3 is 2.85 bits per heavy atom. The molecule has 2 aliphatic heterocycles. The molecule has 1 fully saturated rings. The Morgan fingerprint density at radius 2 is 2.00 bits per heavy atom. The lowest BCUT2D eigenvalue weighted by Gasteiger charge is -2.42. The molecule has 20 heavy (non-hydrogen) atoms. The molecule has 104 valence electrons. The zero-order valence-electron chi connectivity index (χ0n) is 12.1. The summed E-state index contributed by atoms with van der Waals surface area (Å²) in [5.74, 6) is 0.541. The molecule has 0 N–H and O–H groups in total. The van der Waals surface area contributed by atoms with Crippen LogP contribution in [0.1, 0.15) is 37.1 Å². The van der Waals surface area contributed by atoms with Crippen molar-refractivity contribution in [2.24, 2.45) is 13.0 Å². The number of hydrogen-bond donors (Lipinski definition) is 0. The molecule has 1 unspecified atom stereocenters. The highest BCUT2D eigenvalue weighted by molar-refractivity contribution is 5.87. The molecule has 0 saturated carbocycles. The van der Waals surface area contributed by atoms with E-state index in [0.29, 0.717) is 11.9 Å². The van der Waals surface area contributed by atoms with E-state index in [0.717, 1.165) is 25.8 Å². The van der Waals surface area contributed by atoms with E-state index in [9.17, 15) is 4.79 Å². The van der Waals surface area contributed by atoms with Gasteiger partial charge in [-0.05, 0) is 30.9 Å². The quantitative estimate of drug-likeness (QED) is 0.721. The lowest BCUT2D eigenvalue weighted by Crippen LogP contribution is -2.46. The van der Waals surface area contributed by atoms with E-state index in [1.807, 2.05) is 0 Å². The Hall–Kier alpha value is -1.77. The number of carbonyl (C=O) groups excluding carboxylic acids is 1. The van der Waals surface area contributed by atoms with E-state index in [1.54, 1.807) is 0 Å². The Balaban J connectivity index is 1.91. The second-order valence-electron chi connectivity index (χ2n) is 6.22. The maximum atomic E-state index is 12.4. The third-order valence-electron chi connectivity index (χ3n) is 5.13. The molecule has 0 spiro atoms. The molecule has 2 aliphatic rings. The number of benzene rings is 1. The molecule has 4 rings (SSSR count). The summed E-state index contributed by atoms with van der Waals surface area (Å²) in [4.78, 5) is 14.5. The zero-order valence-corrected chi connectivity index (χ0v) is 12.1. The molecule has 3 nitrogen and oxygen atoms in total. The molecule has 2 atom stereocenters.